The predicted molar refractivity (Wildman–Crippen MR) is 103 cm³/mol. The fourth-order valence-electron chi connectivity index (χ4n) is 2.59. The standard InChI is InChI=1S/C19H21FN2O2.C2H6/c1-19(18(21)24,13-15-5-3-2-4-6-15)11-12-22(14-23)17-9-7-16(20)8-10-17;1-2/h2-10,14H,11-13H2,1H3,(H2,21,24);1-2H3/t19-;/m1./s1. The second-order valence-corrected chi connectivity index (χ2v) is 6.11. The molecule has 5 heteroatoms. The van der Waals surface area contributed by atoms with Crippen LogP contribution >= 0.6 is 0 Å². The molecule has 0 spiro atoms. The summed E-state index contributed by atoms with van der Waals surface area (Å²) in [6.45, 7) is 6.12. The number of carbonyl (C=O) groups excluding carboxylic acids is 2. The Labute approximate surface area is 154 Å². The lowest BCUT2D eigenvalue weighted by atomic mass is 9.79. The van der Waals surface area contributed by atoms with Gasteiger partial charge in [0.25, 0.3) is 0 Å². The van der Waals surface area contributed by atoms with Crippen molar-refractivity contribution in [3.05, 3.63) is 66.0 Å². The second-order valence-electron chi connectivity index (χ2n) is 6.11. The number of nitrogens with zero attached hydrogens (tertiary/aromatic N) is 1. The highest BCUT2D eigenvalue weighted by Gasteiger charge is 2.31. The monoisotopic (exact) mass is 358 g/mol. The normalized spacial score (nSPS) is 12.3. The van der Waals surface area contributed by atoms with Gasteiger partial charge in [-0.1, -0.05) is 51.1 Å². The Kier molecular flexibility index (Phi) is 8.49. The van der Waals surface area contributed by atoms with Gasteiger partial charge in [0.05, 0.1) is 5.41 Å². The molecule has 26 heavy (non-hydrogen) atoms. The van der Waals surface area contributed by atoms with Gasteiger partial charge in [-0.2, -0.15) is 0 Å². The van der Waals surface area contributed by atoms with E-state index in [2.05, 4.69) is 0 Å². The molecule has 0 saturated carbocycles. The number of rotatable bonds is 8. The van der Waals surface area contributed by atoms with E-state index >= 15 is 0 Å². The smallest absolute Gasteiger partial charge is 0.223 e. The van der Waals surface area contributed by atoms with E-state index in [0.717, 1.165) is 5.56 Å². The molecule has 140 valence electrons. The molecule has 0 heterocycles. The van der Waals surface area contributed by atoms with Crippen LogP contribution in [-0.2, 0) is 16.0 Å². The zero-order valence-corrected chi connectivity index (χ0v) is 15.6. The van der Waals surface area contributed by atoms with Gasteiger partial charge in [-0.15, -0.1) is 0 Å². The van der Waals surface area contributed by atoms with Crippen LogP contribution in [0.2, 0.25) is 0 Å². The maximum absolute atomic E-state index is 13.0. The number of amides is 2. The molecule has 2 aromatic carbocycles. The third-order valence-corrected chi connectivity index (χ3v) is 4.22. The Balaban J connectivity index is 0.00000163. The van der Waals surface area contributed by atoms with Gasteiger partial charge in [-0.25, -0.2) is 4.39 Å². The molecule has 1 atom stereocenters. The van der Waals surface area contributed by atoms with Crippen LogP contribution in [0, 0.1) is 11.2 Å². The molecule has 2 rings (SSSR count). The molecule has 0 aliphatic carbocycles. The first-order valence-electron chi connectivity index (χ1n) is 8.76. The Morgan fingerprint density at radius 3 is 2.19 bits per heavy atom. The molecule has 2 N–H and O–H groups in total. The van der Waals surface area contributed by atoms with E-state index in [4.69, 9.17) is 5.73 Å². The SMILES string of the molecule is CC.C[C@@](CCN(C=O)c1ccc(F)cc1)(Cc1ccccc1)C(N)=O. The molecule has 4 nitrogen and oxygen atoms in total. The van der Waals surface area contributed by atoms with Crippen LogP contribution in [0.15, 0.2) is 54.6 Å². The van der Waals surface area contributed by atoms with Crippen LogP contribution in [0.3, 0.4) is 0 Å². The van der Waals surface area contributed by atoms with Crippen LogP contribution in [-0.4, -0.2) is 18.9 Å². The van der Waals surface area contributed by atoms with Crippen LogP contribution in [0.5, 0.6) is 0 Å². The number of primary amides is 1. The molecule has 2 aromatic rings. The maximum atomic E-state index is 13.0. The molecule has 0 aliphatic rings. The maximum Gasteiger partial charge on any atom is 0.223 e. The van der Waals surface area contributed by atoms with Crippen molar-refractivity contribution in [1.29, 1.82) is 0 Å². The molecule has 0 radical (unpaired) electrons. The van der Waals surface area contributed by atoms with Gasteiger partial charge in [0.15, 0.2) is 0 Å². The van der Waals surface area contributed by atoms with Crippen molar-refractivity contribution in [2.45, 2.75) is 33.6 Å². The van der Waals surface area contributed by atoms with Gasteiger partial charge < -0.3 is 10.6 Å². The Bertz CT molecular complexity index is 689. The minimum atomic E-state index is -0.775. The van der Waals surface area contributed by atoms with Gasteiger partial charge in [0.2, 0.25) is 12.3 Å². The topological polar surface area (TPSA) is 63.4 Å². The van der Waals surface area contributed by atoms with Crippen molar-refractivity contribution in [1.82, 2.24) is 0 Å². The van der Waals surface area contributed by atoms with Crippen LogP contribution < -0.4 is 10.6 Å². The van der Waals surface area contributed by atoms with E-state index in [1.807, 2.05) is 44.2 Å². The van der Waals surface area contributed by atoms with E-state index < -0.39 is 11.3 Å². The van der Waals surface area contributed by atoms with E-state index in [-0.39, 0.29) is 5.82 Å². The quantitative estimate of drug-likeness (QED) is 0.727. The summed E-state index contributed by atoms with van der Waals surface area (Å²) in [5.74, 6) is -0.771. The number of halogens is 1. The van der Waals surface area contributed by atoms with Crippen molar-refractivity contribution in [3.63, 3.8) is 0 Å². The molecular formula is C21H27FN2O2. The zero-order chi connectivity index (χ0) is 19.6. The molecule has 0 fully saturated rings. The van der Waals surface area contributed by atoms with Gasteiger partial charge >= 0.3 is 0 Å². The number of nitrogens with two attached hydrogens (primary N) is 1. The lowest BCUT2D eigenvalue weighted by Gasteiger charge is -2.29. The zero-order valence-electron chi connectivity index (χ0n) is 15.6. The molecule has 0 bridgehead atoms. The minimum absolute atomic E-state index is 0.321. The highest BCUT2D eigenvalue weighted by atomic mass is 19.1. The Morgan fingerprint density at radius 2 is 1.69 bits per heavy atom. The minimum Gasteiger partial charge on any atom is -0.369 e. The van der Waals surface area contributed by atoms with Crippen molar-refractivity contribution >= 4 is 18.0 Å². The highest BCUT2D eigenvalue weighted by molar-refractivity contribution is 5.81. The predicted octanol–water partition coefficient (Wildman–Crippen LogP) is 3.94. The summed E-state index contributed by atoms with van der Waals surface area (Å²) in [6.07, 6.45) is 1.59. The summed E-state index contributed by atoms with van der Waals surface area (Å²) in [6, 6.07) is 15.3. The Morgan fingerprint density at radius 1 is 1.12 bits per heavy atom. The number of benzene rings is 2. The Hall–Kier alpha value is -2.69. The summed E-state index contributed by atoms with van der Waals surface area (Å²) in [4.78, 5) is 24.8. The lowest BCUT2D eigenvalue weighted by molar-refractivity contribution is -0.127. The van der Waals surface area contributed by atoms with Crippen LogP contribution in [0.4, 0.5) is 10.1 Å². The van der Waals surface area contributed by atoms with E-state index in [9.17, 15) is 14.0 Å². The van der Waals surface area contributed by atoms with Crippen LogP contribution in [0.1, 0.15) is 32.8 Å². The fourth-order valence-corrected chi connectivity index (χ4v) is 2.59. The first-order chi connectivity index (χ1) is 12.4. The highest BCUT2D eigenvalue weighted by Crippen LogP contribution is 2.28. The summed E-state index contributed by atoms with van der Waals surface area (Å²) in [5.41, 5.74) is 6.43. The lowest BCUT2D eigenvalue weighted by Crippen LogP contribution is -2.39. The van der Waals surface area contributed by atoms with E-state index in [0.29, 0.717) is 31.5 Å². The van der Waals surface area contributed by atoms with Gasteiger partial charge in [0, 0.05) is 12.2 Å². The van der Waals surface area contributed by atoms with Crippen molar-refractivity contribution in [3.8, 4) is 0 Å². The molecule has 0 unspecified atom stereocenters. The molecule has 0 aromatic heterocycles. The number of anilines is 1. The third kappa shape index (κ3) is 5.99. The number of hydrogen-bond acceptors (Lipinski definition) is 2. The first-order valence-corrected chi connectivity index (χ1v) is 8.76. The number of hydrogen-bond donors (Lipinski definition) is 1. The summed E-state index contributed by atoms with van der Waals surface area (Å²) in [5, 5.41) is 0. The average molecular weight is 358 g/mol. The largest absolute Gasteiger partial charge is 0.369 e. The summed E-state index contributed by atoms with van der Waals surface area (Å²) >= 11 is 0. The van der Waals surface area contributed by atoms with Crippen molar-refractivity contribution in [2.24, 2.45) is 11.1 Å². The van der Waals surface area contributed by atoms with Crippen molar-refractivity contribution < 1.29 is 14.0 Å². The summed E-state index contributed by atoms with van der Waals surface area (Å²) < 4.78 is 13.0. The molecular weight excluding hydrogens is 331 g/mol. The van der Waals surface area contributed by atoms with Crippen molar-refractivity contribution in [2.75, 3.05) is 11.4 Å². The third-order valence-electron chi connectivity index (χ3n) is 4.22. The number of carbonyl (C=O) groups is 2. The van der Waals surface area contributed by atoms with Gasteiger partial charge in [-0.05, 0) is 42.7 Å². The summed E-state index contributed by atoms with van der Waals surface area (Å²) in [7, 11) is 0. The molecule has 0 aliphatic heterocycles. The molecule has 0 saturated heterocycles. The first kappa shape index (κ1) is 21.4. The van der Waals surface area contributed by atoms with Gasteiger partial charge in [0.1, 0.15) is 5.82 Å². The fraction of sp³-hybridized carbons (Fsp3) is 0.333. The van der Waals surface area contributed by atoms with Crippen LogP contribution in [0.25, 0.3) is 0 Å². The molecule has 2 amide bonds. The van der Waals surface area contributed by atoms with E-state index in [1.165, 1.54) is 29.2 Å². The second kappa shape index (κ2) is 10.3. The average Bonchev–Trinajstić information content (AvgIpc) is 2.66. The van der Waals surface area contributed by atoms with E-state index in [1.54, 1.807) is 6.92 Å². The van der Waals surface area contributed by atoms with Gasteiger partial charge in [-0.3, -0.25) is 9.59 Å².